The lowest BCUT2D eigenvalue weighted by Gasteiger charge is -2.13. The molecule has 1 aromatic carbocycles. The van der Waals surface area contributed by atoms with Gasteiger partial charge in [-0.15, -0.1) is 0 Å². The van der Waals surface area contributed by atoms with E-state index >= 15 is 0 Å². The van der Waals surface area contributed by atoms with Crippen LogP contribution in [0.2, 0.25) is 0 Å². The highest BCUT2D eigenvalue weighted by Crippen LogP contribution is 2.39. The van der Waals surface area contributed by atoms with Gasteiger partial charge < -0.3 is 21.6 Å². The maximum atomic E-state index is 12.3. The lowest BCUT2D eigenvalue weighted by Crippen LogP contribution is -2.33. The fourth-order valence-corrected chi connectivity index (χ4v) is 3.03. The number of nitrogens with zero attached hydrogens (tertiary/aromatic N) is 2. The quantitative estimate of drug-likeness (QED) is 0.297. The highest BCUT2D eigenvalue weighted by Gasteiger charge is 2.48. The van der Waals surface area contributed by atoms with Crippen LogP contribution in [0.3, 0.4) is 0 Å². The molecule has 2 aromatic rings. The number of rotatable bonds is 8. The third-order valence-electron chi connectivity index (χ3n) is 4.75. The number of benzene rings is 1. The van der Waals surface area contributed by atoms with Crippen molar-refractivity contribution in [1.82, 2.24) is 10.3 Å². The molecule has 0 aliphatic heterocycles. The molecule has 3 unspecified atom stereocenters. The number of nitrogens with two attached hydrogens (primary N) is 1. The summed E-state index contributed by atoms with van der Waals surface area (Å²) in [5.41, 5.74) is 1.97. The summed E-state index contributed by atoms with van der Waals surface area (Å²) in [6.07, 6.45) is 4.93. The van der Waals surface area contributed by atoms with E-state index in [-0.39, 0.29) is 18.4 Å². The maximum absolute atomic E-state index is 12.3. The first-order valence-electron chi connectivity index (χ1n) is 9.04. The van der Waals surface area contributed by atoms with E-state index in [0.717, 1.165) is 5.56 Å². The minimum absolute atomic E-state index is 0.0484. The van der Waals surface area contributed by atoms with Crippen molar-refractivity contribution in [2.45, 2.75) is 12.3 Å². The Bertz CT molecular complexity index is 914. The third-order valence-corrected chi connectivity index (χ3v) is 4.75. The Morgan fingerprint density at radius 3 is 2.41 bits per heavy atom. The zero-order valence-corrected chi connectivity index (χ0v) is 15.5. The van der Waals surface area contributed by atoms with E-state index in [1.807, 2.05) is 0 Å². The Balaban J connectivity index is 1.50. The van der Waals surface area contributed by atoms with Gasteiger partial charge in [0.05, 0.1) is 24.0 Å². The molecular formula is C20H21N5O4. The summed E-state index contributed by atoms with van der Waals surface area (Å²) in [6.45, 7) is -0.0484. The van der Waals surface area contributed by atoms with Gasteiger partial charge in [0.1, 0.15) is 0 Å². The van der Waals surface area contributed by atoms with Crippen molar-refractivity contribution in [1.29, 1.82) is 0 Å². The Morgan fingerprint density at radius 1 is 1.14 bits per heavy atom. The molecule has 0 spiro atoms. The number of amides is 2. The summed E-state index contributed by atoms with van der Waals surface area (Å²) in [7, 11) is 0. The summed E-state index contributed by atoms with van der Waals surface area (Å²) in [5.74, 6) is 1.74. The van der Waals surface area contributed by atoms with E-state index in [0.29, 0.717) is 17.7 Å². The fraction of sp³-hybridized carbons (Fsp3) is 0.250. The van der Waals surface area contributed by atoms with Gasteiger partial charge in [0.25, 0.3) is 0 Å². The summed E-state index contributed by atoms with van der Waals surface area (Å²) in [6, 6.07) is 10.2. The van der Waals surface area contributed by atoms with Crippen molar-refractivity contribution in [3.05, 3.63) is 59.9 Å². The highest BCUT2D eigenvalue weighted by atomic mass is 16.4. The van der Waals surface area contributed by atoms with Gasteiger partial charge >= 0.3 is 5.97 Å². The number of pyridine rings is 1. The van der Waals surface area contributed by atoms with Crippen LogP contribution in [-0.2, 0) is 14.4 Å². The van der Waals surface area contributed by atoms with Crippen molar-refractivity contribution in [3.63, 3.8) is 0 Å². The summed E-state index contributed by atoms with van der Waals surface area (Å²) < 4.78 is 0. The van der Waals surface area contributed by atoms with Gasteiger partial charge in [-0.05, 0) is 41.8 Å². The van der Waals surface area contributed by atoms with Gasteiger partial charge in [0, 0.05) is 24.6 Å². The second kappa shape index (κ2) is 8.96. The predicted octanol–water partition coefficient (Wildman–Crippen LogP) is 0.933. The van der Waals surface area contributed by atoms with Crippen LogP contribution < -0.4 is 16.5 Å². The number of carboxylic acid groups (broad SMARTS) is 1. The molecule has 1 saturated carbocycles. The first kappa shape index (κ1) is 20.0. The largest absolute Gasteiger partial charge is 0.481 e. The Morgan fingerprint density at radius 2 is 1.79 bits per heavy atom. The minimum Gasteiger partial charge on any atom is -0.481 e. The number of hydrogen-bond acceptors (Lipinski definition) is 6. The lowest BCUT2D eigenvalue weighted by atomic mass is 10.0. The van der Waals surface area contributed by atoms with Gasteiger partial charge in [0.15, 0.2) is 0 Å². The third kappa shape index (κ3) is 5.16. The molecule has 1 fully saturated rings. The van der Waals surface area contributed by atoms with Crippen LogP contribution in [0, 0.1) is 11.8 Å². The molecular weight excluding hydrogens is 374 g/mol. The zero-order valence-electron chi connectivity index (χ0n) is 15.5. The zero-order chi connectivity index (χ0) is 20.8. The first-order valence-corrected chi connectivity index (χ1v) is 9.04. The number of aromatic nitrogens is 1. The number of nitrogens with one attached hydrogen (secondary N) is 2. The first-order chi connectivity index (χ1) is 14.0. The smallest absolute Gasteiger partial charge is 0.312 e. The molecule has 1 aliphatic rings. The molecule has 0 radical (unpaired) electrons. The number of aliphatic carboxylic acids is 1. The number of carbonyl (C=O) groups is 3. The van der Waals surface area contributed by atoms with Crippen molar-refractivity contribution in [2.24, 2.45) is 22.8 Å². The summed E-state index contributed by atoms with van der Waals surface area (Å²) in [5, 5.41) is 18.2. The molecule has 150 valence electrons. The molecule has 1 aliphatic carbocycles. The lowest BCUT2D eigenvalue weighted by molar-refractivity contribution is -0.138. The second-order valence-electron chi connectivity index (χ2n) is 6.75. The Hall–Kier alpha value is -3.75. The fourth-order valence-electron chi connectivity index (χ4n) is 3.03. The van der Waals surface area contributed by atoms with E-state index in [1.54, 1.807) is 36.4 Å². The molecule has 29 heavy (non-hydrogen) atoms. The van der Waals surface area contributed by atoms with Crippen molar-refractivity contribution < 1.29 is 19.5 Å². The minimum atomic E-state index is -1.04. The maximum Gasteiger partial charge on any atom is 0.312 e. The number of hydrazone groups is 1. The summed E-state index contributed by atoms with van der Waals surface area (Å²) in [4.78, 5) is 40.0. The Kier molecular flexibility index (Phi) is 6.18. The molecule has 0 bridgehead atoms. The number of hydrogen-bond donors (Lipinski definition) is 4. The van der Waals surface area contributed by atoms with Crippen LogP contribution in [0.25, 0.3) is 0 Å². The summed E-state index contributed by atoms with van der Waals surface area (Å²) >= 11 is 0. The molecule has 5 N–H and O–H groups in total. The molecule has 2 amide bonds. The van der Waals surface area contributed by atoms with Gasteiger partial charge in [-0.2, -0.15) is 5.10 Å². The topological polar surface area (TPSA) is 147 Å². The molecule has 3 rings (SSSR count). The molecule has 9 nitrogen and oxygen atoms in total. The van der Waals surface area contributed by atoms with Crippen LogP contribution in [-0.4, -0.2) is 40.6 Å². The Labute approximate surface area is 167 Å². The van der Waals surface area contributed by atoms with Gasteiger partial charge in [0.2, 0.25) is 11.8 Å². The SMILES string of the molecule is NN=Cc1ccc(NC(=O)C2CC2C(=O)NCC(C(=O)O)c2ccncc2)cc1. The van der Waals surface area contributed by atoms with Crippen molar-refractivity contribution in [2.75, 3.05) is 11.9 Å². The van der Waals surface area contributed by atoms with Crippen LogP contribution in [0.1, 0.15) is 23.5 Å². The van der Waals surface area contributed by atoms with E-state index in [2.05, 4.69) is 20.7 Å². The van der Waals surface area contributed by atoms with Crippen LogP contribution in [0.5, 0.6) is 0 Å². The normalized spacial score (nSPS) is 18.8. The van der Waals surface area contributed by atoms with E-state index in [4.69, 9.17) is 5.84 Å². The monoisotopic (exact) mass is 395 g/mol. The van der Waals surface area contributed by atoms with Gasteiger partial charge in [-0.1, -0.05) is 12.1 Å². The van der Waals surface area contributed by atoms with Gasteiger partial charge in [-0.3, -0.25) is 19.4 Å². The van der Waals surface area contributed by atoms with E-state index in [1.165, 1.54) is 18.6 Å². The molecule has 1 aromatic heterocycles. The molecule has 1 heterocycles. The molecule has 3 atom stereocenters. The van der Waals surface area contributed by atoms with Crippen molar-refractivity contribution in [3.8, 4) is 0 Å². The molecule has 9 heteroatoms. The highest BCUT2D eigenvalue weighted by molar-refractivity contribution is 5.99. The number of carboxylic acids is 1. The average molecular weight is 395 g/mol. The molecule has 0 saturated heterocycles. The predicted molar refractivity (Wildman–Crippen MR) is 106 cm³/mol. The van der Waals surface area contributed by atoms with Crippen molar-refractivity contribution >= 4 is 29.7 Å². The average Bonchev–Trinajstić information content (AvgIpc) is 3.51. The standard InChI is InChI=1S/C20H21N5O4/c21-24-10-12-1-3-14(4-2-12)25-19(27)16-9-15(16)18(26)23-11-17(20(28)29)13-5-7-22-8-6-13/h1-8,10,15-17H,9,11,21H2,(H,23,26)(H,25,27)(H,28,29). The van der Waals surface area contributed by atoms with E-state index < -0.39 is 23.7 Å². The number of anilines is 1. The van der Waals surface area contributed by atoms with Crippen LogP contribution >= 0.6 is 0 Å². The van der Waals surface area contributed by atoms with Gasteiger partial charge in [-0.25, -0.2) is 0 Å². The second-order valence-corrected chi connectivity index (χ2v) is 6.75. The van der Waals surface area contributed by atoms with Crippen LogP contribution in [0.15, 0.2) is 53.9 Å². The number of carbonyl (C=O) groups excluding carboxylic acids is 2. The van der Waals surface area contributed by atoms with E-state index in [9.17, 15) is 19.5 Å². The van der Waals surface area contributed by atoms with Crippen LogP contribution in [0.4, 0.5) is 5.69 Å².